The van der Waals surface area contributed by atoms with E-state index in [2.05, 4.69) is 18.7 Å². The lowest BCUT2D eigenvalue weighted by Gasteiger charge is -2.29. The Morgan fingerprint density at radius 3 is 1.20 bits per heavy atom. The Bertz CT molecular complexity index is 2310. The Labute approximate surface area is 380 Å². The number of carboxylic acid groups (broad SMARTS) is 1. The van der Waals surface area contributed by atoms with E-state index in [1.165, 1.54) is 20.2 Å². The summed E-state index contributed by atoms with van der Waals surface area (Å²) in [6.07, 6.45) is -1.01. The fourth-order valence-electron chi connectivity index (χ4n) is 7.68. The summed E-state index contributed by atoms with van der Waals surface area (Å²) in [5.74, 6) is -3.61. The molecule has 0 radical (unpaired) electrons. The van der Waals surface area contributed by atoms with Gasteiger partial charge < -0.3 is 28.8 Å². The van der Waals surface area contributed by atoms with Crippen LogP contribution in [0.3, 0.4) is 0 Å². The van der Waals surface area contributed by atoms with Gasteiger partial charge in [-0.1, -0.05) is 110 Å². The summed E-state index contributed by atoms with van der Waals surface area (Å²) >= 11 is 0. The van der Waals surface area contributed by atoms with Gasteiger partial charge >= 0.3 is 36.1 Å². The largest absolute Gasteiger partial charge is 0.481 e. The monoisotopic (exact) mass is 890 g/mol. The van der Waals surface area contributed by atoms with E-state index in [-0.39, 0.29) is 38.1 Å². The summed E-state index contributed by atoms with van der Waals surface area (Å²) in [5.41, 5.74) is 7.12. The highest BCUT2D eigenvalue weighted by Gasteiger charge is 2.37. The molecule has 0 heterocycles. The molecular formula is C51H58N2O12. The van der Waals surface area contributed by atoms with Gasteiger partial charge in [0, 0.05) is 25.9 Å². The number of amides is 2. The van der Waals surface area contributed by atoms with E-state index in [0.717, 1.165) is 54.3 Å². The van der Waals surface area contributed by atoms with Crippen LogP contribution >= 0.6 is 0 Å². The summed E-state index contributed by atoms with van der Waals surface area (Å²) in [6.45, 7) is 13.8. The van der Waals surface area contributed by atoms with Crippen LogP contribution in [0.25, 0.3) is 22.3 Å². The van der Waals surface area contributed by atoms with Crippen LogP contribution in [0.5, 0.6) is 0 Å². The van der Waals surface area contributed by atoms with Crippen LogP contribution in [0, 0.1) is 0 Å². The van der Waals surface area contributed by atoms with E-state index in [1.807, 2.05) is 84.9 Å². The van der Waals surface area contributed by atoms with Crippen LogP contribution < -0.4 is 0 Å². The van der Waals surface area contributed by atoms with E-state index in [4.69, 9.17) is 23.7 Å². The number of carbonyl (C=O) groups is 6. The lowest BCUT2D eigenvalue weighted by Crippen LogP contribution is -2.47. The van der Waals surface area contributed by atoms with Gasteiger partial charge in [-0.05, 0) is 86.1 Å². The summed E-state index contributed by atoms with van der Waals surface area (Å²) < 4.78 is 26.9. The highest BCUT2D eigenvalue weighted by molar-refractivity contribution is 5.87. The van der Waals surface area contributed by atoms with Crippen molar-refractivity contribution < 1.29 is 57.6 Å². The molecule has 1 N–H and O–H groups in total. The molecule has 6 rings (SSSR count). The molecule has 4 aromatic carbocycles. The van der Waals surface area contributed by atoms with Gasteiger partial charge in [0.05, 0.1) is 12.8 Å². The van der Waals surface area contributed by atoms with Crippen LogP contribution in [0.15, 0.2) is 110 Å². The zero-order valence-corrected chi connectivity index (χ0v) is 38.2. The van der Waals surface area contributed by atoms with Gasteiger partial charge in [-0.15, -0.1) is 0 Å². The van der Waals surface area contributed by atoms with Gasteiger partial charge in [0.25, 0.3) is 0 Å². The number of likely N-dealkylation sites (N-methyl/N-ethyl adjacent to an activating group) is 2. The molecule has 14 heteroatoms. The van der Waals surface area contributed by atoms with Gasteiger partial charge in [0.15, 0.2) is 0 Å². The smallest absolute Gasteiger partial charge is 0.410 e. The molecule has 2 amide bonds. The summed E-state index contributed by atoms with van der Waals surface area (Å²) in [6, 6.07) is 29.5. The van der Waals surface area contributed by atoms with Crippen molar-refractivity contribution >= 4 is 36.1 Å². The number of carboxylic acids is 1. The average molecular weight is 891 g/mol. The molecule has 2 aliphatic carbocycles. The standard InChI is InChI=1S/C27H31NO6.C24H27NO6/c1-6-15-32-24(29)16-23(25(30)34-27(2,3)4)28(5)26(31)33-17-22-20-13-9-7-11-18(20)19-12-8-10-14-21(19)22;1-24(2,3)31-22(28)20(13-21(26)27)25(4)23(29)30-14-19-17-11-7-5-9-15(17)16-10-6-8-12-18(16)19/h6-14,22-23H,1,15-17H2,2-5H3;5-12,19-20H,13-14H2,1-4H3,(H,26,27)/t23-;20-/m00/s1. The Hall–Kier alpha value is -6.96. The Morgan fingerprint density at radius 1 is 0.569 bits per heavy atom. The first-order chi connectivity index (χ1) is 30.7. The van der Waals surface area contributed by atoms with Crippen molar-refractivity contribution in [1.29, 1.82) is 0 Å². The molecule has 0 spiro atoms. The molecule has 2 atom stereocenters. The van der Waals surface area contributed by atoms with Crippen molar-refractivity contribution in [1.82, 2.24) is 9.80 Å². The molecule has 0 unspecified atom stereocenters. The number of aliphatic carboxylic acids is 1. The normalized spacial score (nSPS) is 13.5. The third-order valence-electron chi connectivity index (χ3n) is 10.6. The Kier molecular flexibility index (Phi) is 16.0. The Balaban J connectivity index is 0.000000245. The number of carbonyl (C=O) groups excluding carboxylic acids is 5. The molecular weight excluding hydrogens is 833 g/mol. The molecule has 4 aromatic rings. The van der Waals surface area contributed by atoms with Gasteiger partial charge in [0.1, 0.15) is 43.1 Å². The lowest BCUT2D eigenvalue weighted by atomic mass is 9.98. The topological polar surface area (TPSA) is 175 Å². The Morgan fingerprint density at radius 2 is 0.892 bits per heavy atom. The maximum absolute atomic E-state index is 13.0. The second kappa shape index (κ2) is 21.1. The minimum Gasteiger partial charge on any atom is -0.481 e. The van der Waals surface area contributed by atoms with E-state index >= 15 is 0 Å². The third-order valence-corrected chi connectivity index (χ3v) is 10.6. The van der Waals surface area contributed by atoms with Crippen LogP contribution in [0.4, 0.5) is 9.59 Å². The van der Waals surface area contributed by atoms with Crippen LogP contribution in [-0.4, -0.2) is 108 Å². The van der Waals surface area contributed by atoms with E-state index in [0.29, 0.717) is 0 Å². The molecule has 0 fully saturated rings. The summed E-state index contributed by atoms with van der Waals surface area (Å²) in [4.78, 5) is 76.5. The van der Waals surface area contributed by atoms with E-state index in [9.17, 15) is 33.9 Å². The van der Waals surface area contributed by atoms with Gasteiger partial charge in [-0.2, -0.15) is 0 Å². The van der Waals surface area contributed by atoms with Crippen LogP contribution in [-0.2, 0) is 42.9 Å². The second-order valence-corrected chi connectivity index (χ2v) is 17.7. The number of nitrogens with zero attached hydrogens (tertiary/aromatic N) is 2. The lowest BCUT2D eigenvalue weighted by molar-refractivity contribution is -0.164. The quantitative estimate of drug-likeness (QED) is 0.0725. The number of hydrogen-bond acceptors (Lipinski definition) is 11. The zero-order valence-electron chi connectivity index (χ0n) is 38.2. The summed E-state index contributed by atoms with van der Waals surface area (Å²) in [7, 11) is 2.75. The molecule has 65 heavy (non-hydrogen) atoms. The number of esters is 3. The first-order valence-electron chi connectivity index (χ1n) is 21.3. The maximum Gasteiger partial charge on any atom is 0.410 e. The highest BCUT2D eigenvalue weighted by Crippen LogP contribution is 2.46. The predicted octanol–water partition coefficient (Wildman–Crippen LogP) is 8.75. The number of hydrogen-bond donors (Lipinski definition) is 1. The molecule has 0 saturated heterocycles. The minimum atomic E-state index is -1.28. The van der Waals surface area contributed by atoms with Crippen molar-refractivity contribution in [2.24, 2.45) is 0 Å². The van der Waals surface area contributed by atoms with E-state index < -0.39 is 65.8 Å². The molecule has 14 nitrogen and oxygen atoms in total. The third kappa shape index (κ3) is 12.6. The number of rotatable bonds is 14. The average Bonchev–Trinajstić information content (AvgIpc) is 3.75. The SMILES string of the molecule is C=CCOC(=O)C[C@@H](C(=O)OC(C)(C)C)N(C)C(=O)OCC1c2ccccc2-c2ccccc21.CN(C(=O)OCC1c2ccccc2-c2ccccc21)[C@@H](CC(=O)O)C(=O)OC(C)(C)C. The van der Waals surface area contributed by atoms with Crippen molar-refractivity contribution in [3.63, 3.8) is 0 Å². The number of fused-ring (bicyclic) bond motifs is 6. The molecule has 0 saturated carbocycles. The highest BCUT2D eigenvalue weighted by atomic mass is 16.6. The van der Waals surface area contributed by atoms with Crippen molar-refractivity contribution in [2.45, 2.75) is 89.5 Å². The first-order valence-corrected chi connectivity index (χ1v) is 21.3. The van der Waals surface area contributed by atoms with Crippen LogP contribution in [0.1, 0.15) is 88.5 Å². The maximum atomic E-state index is 13.0. The number of ether oxygens (including phenoxy) is 5. The molecule has 344 valence electrons. The fourth-order valence-corrected chi connectivity index (χ4v) is 7.68. The zero-order chi connectivity index (χ0) is 47.6. The van der Waals surface area contributed by atoms with Gasteiger partial charge in [-0.3, -0.25) is 19.4 Å². The predicted molar refractivity (Wildman–Crippen MR) is 243 cm³/mol. The summed E-state index contributed by atoms with van der Waals surface area (Å²) in [5, 5.41) is 9.20. The first kappa shape index (κ1) is 49.1. The second-order valence-electron chi connectivity index (χ2n) is 17.7. The fraction of sp³-hybridized carbons (Fsp3) is 0.373. The van der Waals surface area contributed by atoms with Gasteiger partial charge in [0.2, 0.25) is 0 Å². The van der Waals surface area contributed by atoms with Crippen molar-refractivity contribution in [3.8, 4) is 22.3 Å². The van der Waals surface area contributed by atoms with Crippen molar-refractivity contribution in [2.75, 3.05) is 33.9 Å². The molecule has 2 aliphatic rings. The van der Waals surface area contributed by atoms with E-state index in [1.54, 1.807) is 41.5 Å². The molecule has 0 bridgehead atoms. The van der Waals surface area contributed by atoms with Gasteiger partial charge in [-0.25, -0.2) is 19.2 Å². The number of benzene rings is 4. The van der Waals surface area contributed by atoms with Crippen LogP contribution in [0.2, 0.25) is 0 Å². The van der Waals surface area contributed by atoms with Crippen molar-refractivity contribution in [3.05, 3.63) is 132 Å². The molecule has 0 aliphatic heterocycles. The minimum absolute atomic E-state index is 0.00846. The molecule has 0 aromatic heterocycles.